The van der Waals surface area contributed by atoms with Gasteiger partial charge in [0.1, 0.15) is 0 Å². The Kier molecular flexibility index (Phi) is 6.35. The van der Waals surface area contributed by atoms with E-state index in [0.29, 0.717) is 35.8 Å². The van der Waals surface area contributed by atoms with E-state index < -0.39 is 0 Å². The molecule has 0 unspecified atom stereocenters. The Morgan fingerprint density at radius 2 is 1.67 bits per heavy atom. The Balaban J connectivity index is 1.58. The van der Waals surface area contributed by atoms with Gasteiger partial charge in [-0.3, -0.25) is 9.59 Å². The van der Waals surface area contributed by atoms with Crippen molar-refractivity contribution in [3.05, 3.63) is 64.7 Å². The predicted molar refractivity (Wildman–Crippen MR) is 109 cm³/mol. The van der Waals surface area contributed by atoms with Crippen molar-refractivity contribution in [1.29, 1.82) is 0 Å². The minimum atomic E-state index is -0.106. The van der Waals surface area contributed by atoms with Crippen molar-refractivity contribution in [2.24, 2.45) is 0 Å². The van der Waals surface area contributed by atoms with Crippen LogP contribution in [0, 0.1) is 0 Å². The highest BCUT2D eigenvalue weighted by molar-refractivity contribution is 6.30. The van der Waals surface area contributed by atoms with Crippen LogP contribution in [0.25, 0.3) is 0 Å². The van der Waals surface area contributed by atoms with E-state index in [-0.39, 0.29) is 11.8 Å². The van der Waals surface area contributed by atoms with E-state index in [9.17, 15) is 9.59 Å². The number of piperazine rings is 1. The molecule has 1 aliphatic heterocycles. The number of nitrogens with one attached hydrogen (secondary N) is 1. The SMILES string of the molecule is CCCNC(=O)c1ccc(C(=O)N2CCN(c3cccc(Cl)c3)CC2)cc1. The maximum absolute atomic E-state index is 12.7. The summed E-state index contributed by atoms with van der Waals surface area (Å²) in [4.78, 5) is 28.8. The summed E-state index contributed by atoms with van der Waals surface area (Å²) in [6.07, 6.45) is 0.892. The van der Waals surface area contributed by atoms with Crippen LogP contribution in [-0.4, -0.2) is 49.4 Å². The third-order valence-electron chi connectivity index (χ3n) is 4.67. The summed E-state index contributed by atoms with van der Waals surface area (Å²) in [5.41, 5.74) is 2.26. The zero-order valence-electron chi connectivity index (χ0n) is 15.5. The Bertz CT molecular complexity index is 799. The van der Waals surface area contributed by atoms with Gasteiger partial charge in [0.15, 0.2) is 0 Å². The normalized spacial score (nSPS) is 14.1. The monoisotopic (exact) mass is 385 g/mol. The van der Waals surface area contributed by atoms with Crippen molar-refractivity contribution in [3.8, 4) is 0 Å². The number of rotatable bonds is 5. The number of amides is 2. The van der Waals surface area contributed by atoms with Crippen LogP contribution in [0.4, 0.5) is 5.69 Å². The van der Waals surface area contributed by atoms with Gasteiger partial charge in [-0.15, -0.1) is 0 Å². The molecular formula is C21H24ClN3O2. The molecule has 0 saturated carbocycles. The van der Waals surface area contributed by atoms with E-state index in [4.69, 9.17) is 11.6 Å². The Morgan fingerprint density at radius 3 is 2.30 bits per heavy atom. The average Bonchev–Trinajstić information content (AvgIpc) is 2.71. The molecule has 2 aromatic rings. The van der Waals surface area contributed by atoms with Crippen LogP contribution in [0.2, 0.25) is 5.02 Å². The molecule has 0 atom stereocenters. The molecule has 27 heavy (non-hydrogen) atoms. The summed E-state index contributed by atoms with van der Waals surface area (Å²) in [5, 5.41) is 3.55. The highest BCUT2D eigenvalue weighted by Crippen LogP contribution is 2.21. The molecule has 0 aromatic heterocycles. The second kappa shape index (κ2) is 8.91. The van der Waals surface area contributed by atoms with Gasteiger partial charge in [0.2, 0.25) is 0 Å². The van der Waals surface area contributed by atoms with Gasteiger partial charge >= 0.3 is 0 Å². The minimum absolute atomic E-state index is 0.00117. The number of nitrogens with zero attached hydrogens (tertiary/aromatic N) is 2. The van der Waals surface area contributed by atoms with Crippen LogP contribution >= 0.6 is 11.6 Å². The Morgan fingerprint density at radius 1 is 1.00 bits per heavy atom. The maximum atomic E-state index is 12.7. The first-order valence-corrected chi connectivity index (χ1v) is 9.64. The fourth-order valence-corrected chi connectivity index (χ4v) is 3.31. The van der Waals surface area contributed by atoms with Crippen LogP contribution in [0.3, 0.4) is 0 Å². The number of benzene rings is 2. The van der Waals surface area contributed by atoms with Crippen molar-refractivity contribution >= 4 is 29.1 Å². The Labute approximate surface area is 164 Å². The summed E-state index contributed by atoms with van der Waals surface area (Å²) in [5.74, 6) is -0.104. The fourth-order valence-electron chi connectivity index (χ4n) is 3.13. The summed E-state index contributed by atoms with van der Waals surface area (Å²) in [7, 11) is 0. The molecule has 1 heterocycles. The predicted octanol–water partition coefficient (Wildman–Crippen LogP) is 3.44. The average molecular weight is 386 g/mol. The first-order chi connectivity index (χ1) is 13.1. The molecule has 1 fully saturated rings. The van der Waals surface area contributed by atoms with Crippen LogP contribution in [-0.2, 0) is 0 Å². The molecule has 5 nitrogen and oxygen atoms in total. The summed E-state index contributed by atoms with van der Waals surface area (Å²) in [6, 6.07) is 14.7. The lowest BCUT2D eigenvalue weighted by atomic mass is 10.1. The van der Waals surface area contributed by atoms with E-state index in [1.54, 1.807) is 24.3 Å². The van der Waals surface area contributed by atoms with Gasteiger partial charge in [0.05, 0.1) is 0 Å². The largest absolute Gasteiger partial charge is 0.368 e. The second-order valence-electron chi connectivity index (χ2n) is 6.59. The number of anilines is 1. The standard InChI is InChI=1S/C21H24ClN3O2/c1-2-10-23-20(26)16-6-8-17(9-7-16)21(27)25-13-11-24(12-14-25)19-5-3-4-18(22)15-19/h3-9,15H,2,10-14H2,1H3,(H,23,26). The quantitative estimate of drug-likeness (QED) is 0.857. The van der Waals surface area contributed by atoms with Gasteiger partial charge in [-0.05, 0) is 48.9 Å². The summed E-state index contributed by atoms with van der Waals surface area (Å²) >= 11 is 6.07. The molecular weight excluding hydrogens is 362 g/mol. The molecule has 1 saturated heterocycles. The highest BCUT2D eigenvalue weighted by atomic mass is 35.5. The van der Waals surface area contributed by atoms with Crippen LogP contribution in [0.1, 0.15) is 34.1 Å². The third kappa shape index (κ3) is 4.80. The zero-order chi connectivity index (χ0) is 19.2. The molecule has 0 bridgehead atoms. The number of carbonyl (C=O) groups excluding carboxylic acids is 2. The van der Waals surface area contributed by atoms with E-state index in [1.807, 2.05) is 36.1 Å². The first kappa shape index (κ1) is 19.2. The van der Waals surface area contributed by atoms with Crippen molar-refractivity contribution in [2.45, 2.75) is 13.3 Å². The minimum Gasteiger partial charge on any atom is -0.368 e. The first-order valence-electron chi connectivity index (χ1n) is 9.26. The molecule has 0 radical (unpaired) electrons. The molecule has 6 heteroatoms. The molecule has 142 valence electrons. The zero-order valence-corrected chi connectivity index (χ0v) is 16.2. The van der Waals surface area contributed by atoms with Crippen molar-refractivity contribution < 1.29 is 9.59 Å². The molecule has 1 aliphatic rings. The number of carbonyl (C=O) groups is 2. The molecule has 3 rings (SSSR count). The topological polar surface area (TPSA) is 52.7 Å². The fraction of sp³-hybridized carbons (Fsp3) is 0.333. The highest BCUT2D eigenvalue weighted by Gasteiger charge is 2.22. The summed E-state index contributed by atoms with van der Waals surface area (Å²) in [6.45, 7) is 5.51. The lowest BCUT2D eigenvalue weighted by Gasteiger charge is -2.36. The number of hydrogen-bond acceptors (Lipinski definition) is 3. The molecule has 1 N–H and O–H groups in total. The lowest BCUT2D eigenvalue weighted by molar-refractivity contribution is 0.0746. The smallest absolute Gasteiger partial charge is 0.253 e. The van der Waals surface area contributed by atoms with Crippen LogP contribution in [0.15, 0.2) is 48.5 Å². The second-order valence-corrected chi connectivity index (χ2v) is 7.03. The van der Waals surface area contributed by atoms with Crippen molar-refractivity contribution in [1.82, 2.24) is 10.2 Å². The summed E-state index contributed by atoms with van der Waals surface area (Å²) < 4.78 is 0. The Hall–Kier alpha value is -2.53. The molecule has 2 amide bonds. The van der Waals surface area contributed by atoms with E-state index in [2.05, 4.69) is 10.2 Å². The third-order valence-corrected chi connectivity index (χ3v) is 4.90. The van der Waals surface area contributed by atoms with Gasteiger partial charge in [0.25, 0.3) is 11.8 Å². The van der Waals surface area contributed by atoms with Crippen LogP contribution < -0.4 is 10.2 Å². The van der Waals surface area contributed by atoms with E-state index in [0.717, 1.165) is 25.2 Å². The number of hydrogen-bond donors (Lipinski definition) is 1. The van der Waals surface area contributed by atoms with Gasteiger partial charge in [-0.2, -0.15) is 0 Å². The van der Waals surface area contributed by atoms with Gasteiger partial charge in [-0.25, -0.2) is 0 Å². The molecule has 0 aliphatic carbocycles. The van der Waals surface area contributed by atoms with Gasteiger partial charge in [0, 0.05) is 54.6 Å². The molecule has 2 aromatic carbocycles. The van der Waals surface area contributed by atoms with Gasteiger partial charge in [-0.1, -0.05) is 24.6 Å². The van der Waals surface area contributed by atoms with Crippen molar-refractivity contribution in [3.63, 3.8) is 0 Å². The lowest BCUT2D eigenvalue weighted by Crippen LogP contribution is -2.48. The maximum Gasteiger partial charge on any atom is 0.253 e. The van der Waals surface area contributed by atoms with Crippen LogP contribution in [0.5, 0.6) is 0 Å². The molecule has 0 spiro atoms. The van der Waals surface area contributed by atoms with E-state index in [1.165, 1.54) is 0 Å². The van der Waals surface area contributed by atoms with Crippen molar-refractivity contribution in [2.75, 3.05) is 37.6 Å². The van der Waals surface area contributed by atoms with E-state index >= 15 is 0 Å². The number of halogens is 1. The van der Waals surface area contributed by atoms with Gasteiger partial charge < -0.3 is 15.1 Å².